The van der Waals surface area contributed by atoms with E-state index >= 15 is 0 Å². The van der Waals surface area contributed by atoms with Crippen LogP contribution in [-0.4, -0.2) is 27.8 Å². The monoisotopic (exact) mass is 526 g/mol. The topological polar surface area (TPSA) is 69.0 Å². The van der Waals surface area contributed by atoms with Gasteiger partial charge in [0.2, 0.25) is 0 Å². The third-order valence-electron chi connectivity index (χ3n) is 5.66. The Morgan fingerprint density at radius 2 is 1.76 bits per heavy atom. The van der Waals surface area contributed by atoms with E-state index in [4.69, 9.17) is 4.74 Å². The molecule has 1 unspecified atom stereocenters. The minimum absolute atomic E-state index is 0.119. The van der Waals surface area contributed by atoms with Crippen LogP contribution in [0.4, 0.5) is 13.2 Å². The summed E-state index contributed by atoms with van der Waals surface area (Å²) in [4.78, 5) is 12.8. The van der Waals surface area contributed by atoms with Crippen LogP contribution in [0.25, 0.3) is 5.69 Å². The predicted octanol–water partition coefficient (Wildman–Crippen LogP) is 6.39. The van der Waals surface area contributed by atoms with E-state index in [0.717, 1.165) is 46.8 Å². The van der Waals surface area contributed by atoms with Gasteiger partial charge in [0.25, 0.3) is 5.91 Å². The normalized spacial score (nSPS) is 12.3. The lowest BCUT2D eigenvalue weighted by molar-refractivity contribution is -0.137. The molecule has 0 aliphatic carbocycles. The summed E-state index contributed by atoms with van der Waals surface area (Å²) in [5, 5.41) is 12.2. The lowest BCUT2D eigenvalue weighted by Crippen LogP contribution is -2.28. The van der Waals surface area contributed by atoms with Gasteiger partial charge in [-0.15, -0.1) is 10.2 Å². The Balaban J connectivity index is 1.58. The Hall–Kier alpha value is -3.79. The minimum atomic E-state index is -4.47. The average molecular weight is 527 g/mol. The van der Waals surface area contributed by atoms with Crippen LogP contribution in [0.15, 0.2) is 78.0 Å². The van der Waals surface area contributed by atoms with Gasteiger partial charge in [-0.3, -0.25) is 9.36 Å². The number of nitrogens with one attached hydrogen (secondary N) is 1. The first-order chi connectivity index (χ1) is 17.7. The third-order valence-corrected chi connectivity index (χ3v) is 6.66. The SMILES string of the molecule is COc1cccc(CSc2nnc(C(C)NC(=O)c3ccc(C(F)(F)F)cc3)n2-c2ccc(C)cc2)c1. The van der Waals surface area contributed by atoms with Crippen LogP contribution in [0.3, 0.4) is 0 Å². The summed E-state index contributed by atoms with van der Waals surface area (Å²) < 4.78 is 45.8. The summed E-state index contributed by atoms with van der Waals surface area (Å²) in [5.41, 5.74) is 2.28. The Kier molecular flexibility index (Phi) is 7.87. The number of carbonyl (C=O) groups excluding carboxylic acids is 1. The summed E-state index contributed by atoms with van der Waals surface area (Å²) in [6, 6.07) is 19.1. The van der Waals surface area contributed by atoms with E-state index in [-0.39, 0.29) is 5.56 Å². The van der Waals surface area contributed by atoms with E-state index in [2.05, 4.69) is 15.5 Å². The van der Waals surface area contributed by atoms with E-state index in [1.54, 1.807) is 14.0 Å². The van der Waals surface area contributed by atoms with Gasteiger partial charge in [-0.1, -0.05) is 41.6 Å². The van der Waals surface area contributed by atoms with E-state index in [1.165, 1.54) is 11.8 Å². The molecule has 0 fully saturated rings. The van der Waals surface area contributed by atoms with E-state index in [1.807, 2.05) is 60.0 Å². The molecular weight excluding hydrogens is 501 g/mol. The average Bonchev–Trinajstić information content (AvgIpc) is 3.31. The molecule has 0 bridgehead atoms. The van der Waals surface area contributed by atoms with Crippen molar-refractivity contribution in [1.29, 1.82) is 0 Å². The summed E-state index contributed by atoms with van der Waals surface area (Å²) in [6.07, 6.45) is -4.47. The molecule has 0 aliphatic heterocycles. The number of hydrogen-bond donors (Lipinski definition) is 1. The number of nitrogens with zero attached hydrogens (tertiary/aromatic N) is 3. The molecule has 1 aromatic heterocycles. The Bertz CT molecular complexity index is 1370. The van der Waals surface area contributed by atoms with Gasteiger partial charge in [-0.05, 0) is 67.9 Å². The molecule has 192 valence electrons. The van der Waals surface area contributed by atoms with Gasteiger partial charge in [0.15, 0.2) is 11.0 Å². The number of benzene rings is 3. The smallest absolute Gasteiger partial charge is 0.416 e. The molecule has 0 spiro atoms. The molecular formula is C27H25F3N4O2S. The lowest BCUT2D eigenvalue weighted by Gasteiger charge is -2.17. The zero-order valence-corrected chi connectivity index (χ0v) is 21.2. The fraction of sp³-hybridized carbons (Fsp3) is 0.222. The van der Waals surface area contributed by atoms with Crippen LogP contribution in [0.2, 0.25) is 0 Å². The number of aromatic nitrogens is 3. The van der Waals surface area contributed by atoms with Crippen LogP contribution in [0.1, 0.15) is 45.8 Å². The zero-order valence-electron chi connectivity index (χ0n) is 20.4. The number of halogens is 3. The fourth-order valence-electron chi connectivity index (χ4n) is 3.66. The number of amides is 1. The second kappa shape index (κ2) is 11.1. The highest BCUT2D eigenvalue weighted by Crippen LogP contribution is 2.30. The maximum atomic E-state index is 12.9. The van der Waals surface area contributed by atoms with Gasteiger partial charge in [0.1, 0.15) is 5.75 Å². The highest BCUT2D eigenvalue weighted by atomic mass is 32.2. The standard InChI is InChI=1S/C27H25F3N4O2S/c1-17-7-13-22(14-8-17)34-24(32-33-26(34)37-16-19-5-4-6-23(15-19)36-3)18(2)31-25(35)20-9-11-21(12-10-20)27(28,29)30/h4-15,18H,16H2,1-3H3,(H,31,35). The van der Waals surface area contributed by atoms with Crippen molar-refractivity contribution in [2.24, 2.45) is 0 Å². The molecule has 1 heterocycles. The number of ether oxygens (including phenoxy) is 1. The van der Waals surface area contributed by atoms with Crippen LogP contribution < -0.4 is 10.1 Å². The Labute approximate surface area is 216 Å². The number of hydrogen-bond acceptors (Lipinski definition) is 5. The Morgan fingerprint density at radius 3 is 2.41 bits per heavy atom. The summed E-state index contributed by atoms with van der Waals surface area (Å²) in [5.74, 6) is 1.37. The van der Waals surface area contributed by atoms with Crippen LogP contribution >= 0.6 is 11.8 Å². The number of thioether (sulfide) groups is 1. The van der Waals surface area contributed by atoms with Crippen LogP contribution in [0, 0.1) is 6.92 Å². The maximum Gasteiger partial charge on any atom is 0.416 e. The van der Waals surface area contributed by atoms with Crippen molar-refractivity contribution in [3.8, 4) is 11.4 Å². The van der Waals surface area contributed by atoms with Crippen molar-refractivity contribution in [3.63, 3.8) is 0 Å². The molecule has 1 atom stereocenters. The number of aryl methyl sites for hydroxylation is 1. The predicted molar refractivity (Wildman–Crippen MR) is 136 cm³/mol. The van der Waals surface area contributed by atoms with Crippen LogP contribution in [-0.2, 0) is 11.9 Å². The van der Waals surface area contributed by atoms with Crippen molar-refractivity contribution in [1.82, 2.24) is 20.1 Å². The van der Waals surface area contributed by atoms with E-state index in [9.17, 15) is 18.0 Å². The summed E-state index contributed by atoms with van der Waals surface area (Å²) in [7, 11) is 1.62. The molecule has 0 aliphatic rings. The molecule has 0 radical (unpaired) electrons. The van der Waals surface area contributed by atoms with Crippen molar-refractivity contribution in [2.75, 3.05) is 7.11 Å². The first-order valence-corrected chi connectivity index (χ1v) is 12.4. The summed E-state index contributed by atoms with van der Waals surface area (Å²) >= 11 is 1.49. The second-order valence-corrected chi connectivity index (χ2v) is 9.36. The molecule has 37 heavy (non-hydrogen) atoms. The number of carbonyl (C=O) groups is 1. The zero-order chi connectivity index (χ0) is 26.6. The maximum absolute atomic E-state index is 12.9. The van der Waals surface area contributed by atoms with Crippen LogP contribution in [0.5, 0.6) is 5.75 Å². The quantitative estimate of drug-likeness (QED) is 0.270. The van der Waals surface area contributed by atoms with Gasteiger partial charge in [-0.25, -0.2) is 0 Å². The largest absolute Gasteiger partial charge is 0.497 e. The molecule has 4 aromatic rings. The molecule has 4 rings (SSSR count). The van der Waals surface area contributed by atoms with Gasteiger partial charge in [-0.2, -0.15) is 13.2 Å². The first kappa shape index (κ1) is 26.3. The van der Waals surface area contributed by atoms with Gasteiger partial charge >= 0.3 is 6.18 Å². The fourth-order valence-corrected chi connectivity index (χ4v) is 4.56. The van der Waals surface area contributed by atoms with E-state index < -0.39 is 23.7 Å². The van der Waals surface area contributed by atoms with E-state index in [0.29, 0.717) is 16.7 Å². The number of rotatable bonds is 8. The molecule has 10 heteroatoms. The van der Waals surface area contributed by atoms with Gasteiger partial charge in [0.05, 0.1) is 18.7 Å². The summed E-state index contributed by atoms with van der Waals surface area (Å²) in [6.45, 7) is 3.75. The van der Waals surface area contributed by atoms with Crippen molar-refractivity contribution >= 4 is 17.7 Å². The molecule has 1 amide bonds. The third kappa shape index (κ3) is 6.32. The molecule has 0 saturated carbocycles. The minimum Gasteiger partial charge on any atom is -0.497 e. The van der Waals surface area contributed by atoms with Crippen molar-refractivity contribution in [2.45, 2.75) is 37.0 Å². The molecule has 0 saturated heterocycles. The number of alkyl halides is 3. The molecule has 3 aromatic carbocycles. The van der Waals surface area contributed by atoms with Crippen molar-refractivity contribution in [3.05, 3.63) is 101 Å². The lowest BCUT2D eigenvalue weighted by atomic mass is 10.1. The first-order valence-electron chi connectivity index (χ1n) is 11.4. The Morgan fingerprint density at radius 1 is 1.05 bits per heavy atom. The van der Waals surface area contributed by atoms with Gasteiger partial charge < -0.3 is 10.1 Å². The molecule has 6 nitrogen and oxygen atoms in total. The number of methoxy groups -OCH3 is 1. The second-order valence-electron chi connectivity index (χ2n) is 8.42. The molecule has 1 N–H and O–H groups in total. The van der Waals surface area contributed by atoms with Gasteiger partial charge in [0, 0.05) is 17.0 Å². The highest BCUT2D eigenvalue weighted by Gasteiger charge is 2.30. The highest BCUT2D eigenvalue weighted by molar-refractivity contribution is 7.98. The van der Waals surface area contributed by atoms with Crippen molar-refractivity contribution < 1.29 is 22.7 Å².